The summed E-state index contributed by atoms with van der Waals surface area (Å²) in [7, 11) is 0. The second-order valence-corrected chi connectivity index (χ2v) is 5.28. The fraction of sp³-hybridized carbons (Fsp3) is 0.923. The third kappa shape index (κ3) is 2.25. The minimum Gasteiger partial charge on any atom is -0.299 e. The number of hydrogen-bond donors (Lipinski definition) is 0. The maximum Gasteiger partial charge on any atom is 0.138 e. The summed E-state index contributed by atoms with van der Waals surface area (Å²) in [5.41, 5.74) is 0. The predicted octanol–water partition coefficient (Wildman–Crippen LogP) is 2.48. The van der Waals surface area contributed by atoms with E-state index < -0.39 is 0 Å². The van der Waals surface area contributed by atoms with E-state index in [0.717, 1.165) is 31.5 Å². The number of likely N-dealkylation sites (tertiary alicyclic amines) is 1. The number of Topliss-reactive ketones (excluding diaryl/α,β-unsaturated/α-hetero) is 1. The van der Waals surface area contributed by atoms with Crippen LogP contribution >= 0.6 is 0 Å². The van der Waals surface area contributed by atoms with Gasteiger partial charge in [-0.25, -0.2) is 0 Å². The normalized spacial score (nSPS) is 31.3. The molecule has 1 aliphatic carbocycles. The molecule has 0 aromatic rings. The monoisotopic (exact) mass is 209 g/mol. The Labute approximate surface area is 93.0 Å². The van der Waals surface area contributed by atoms with Crippen LogP contribution in [0.5, 0.6) is 0 Å². The lowest BCUT2D eigenvalue weighted by atomic mass is 9.77. The van der Waals surface area contributed by atoms with Crippen molar-refractivity contribution < 1.29 is 4.79 Å². The Kier molecular flexibility index (Phi) is 3.45. The van der Waals surface area contributed by atoms with Gasteiger partial charge in [-0.15, -0.1) is 0 Å². The number of carbonyl (C=O) groups is 1. The van der Waals surface area contributed by atoms with Crippen LogP contribution in [0.4, 0.5) is 0 Å². The van der Waals surface area contributed by atoms with Crippen LogP contribution in [0.15, 0.2) is 0 Å². The lowest BCUT2D eigenvalue weighted by molar-refractivity contribution is -0.126. The van der Waals surface area contributed by atoms with Crippen LogP contribution in [0.2, 0.25) is 0 Å². The first kappa shape index (κ1) is 11.1. The number of nitrogens with zero attached hydrogens (tertiary/aromatic N) is 1. The van der Waals surface area contributed by atoms with Crippen LogP contribution in [-0.2, 0) is 4.79 Å². The summed E-state index contributed by atoms with van der Waals surface area (Å²) < 4.78 is 0. The number of piperidine rings is 1. The van der Waals surface area contributed by atoms with E-state index in [4.69, 9.17) is 0 Å². The van der Waals surface area contributed by atoms with Crippen molar-refractivity contribution in [3.05, 3.63) is 0 Å². The molecule has 0 spiro atoms. The van der Waals surface area contributed by atoms with Gasteiger partial charge in [0, 0.05) is 31.5 Å². The molecule has 1 saturated heterocycles. The lowest BCUT2D eigenvalue weighted by Gasteiger charge is -2.43. The molecule has 0 N–H and O–H groups in total. The second-order valence-electron chi connectivity index (χ2n) is 5.28. The van der Waals surface area contributed by atoms with Gasteiger partial charge in [0.15, 0.2) is 0 Å². The zero-order valence-corrected chi connectivity index (χ0v) is 10.0. The Morgan fingerprint density at radius 2 is 2.20 bits per heavy atom. The fourth-order valence-corrected chi connectivity index (χ4v) is 3.06. The molecule has 0 aromatic heterocycles. The van der Waals surface area contributed by atoms with E-state index in [-0.39, 0.29) is 5.92 Å². The molecule has 0 aromatic carbocycles. The first-order valence-corrected chi connectivity index (χ1v) is 6.49. The predicted molar refractivity (Wildman–Crippen MR) is 61.8 cm³/mol. The maximum absolute atomic E-state index is 11.5. The molecule has 0 radical (unpaired) electrons. The van der Waals surface area contributed by atoms with Gasteiger partial charge in [-0.3, -0.25) is 9.69 Å². The zero-order chi connectivity index (χ0) is 10.8. The van der Waals surface area contributed by atoms with Crippen LogP contribution in [0.3, 0.4) is 0 Å². The van der Waals surface area contributed by atoms with Crippen molar-refractivity contribution in [2.45, 2.75) is 52.0 Å². The highest BCUT2D eigenvalue weighted by Gasteiger charge is 2.34. The van der Waals surface area contributed by atoms with Crippen LogP contribution in [0, 0.1) is 11.8 Å². The van der Waals surface area contributed by atoms with Crippen LogP contribution < -0.4 is 0 Å². The highest BCUT2D eigenvalue weighted by molar-refractivity contribution is 5.81. The molecule has 1 heterocycles. The van der Waals surface area contributed by atoms with E-state index >= 15 is 0 Å². The third-order valence-electron chi connectivity index (χ3n) is 4.28. The number of rotatable bonds is 3. The van der Waals surface area contributed by atoms with Gasteiger partial charge in [0.1, 0.15) is 5.78 Å². The Morgan fingerprint density at radius 1 is 1.47 bits per heavy atom. The standard InChI is InChI=1S/C13H23NO/c1-3-12(11-5-4-6-11)14-8-7-13(15)10(2)9-14/h10-12H,3-9H2,1-2H3. The van der Waals surface area contributed by atoms with Crippen molar-refractivity contribution in [2.24, 2.45) is 11.8 Å². The minimum atomic E-state index is 0.271. The van der Waals surface area contributed by atoms with E-state index in [9.17, 15) is 4.79 Å². The first-order chi connectivity index (χ1) is 7.22. The van der Waals surface area contributed by atoms with Gasteiger partial charge < -0.3 is 0 Å². The van der Waals surface area contributed by atoms with Gasteiger partial charge in [-0.1, -0.05) is 20.3 Å². The second kappa shape index (κ2) is 4.65. The molecule has 2 atom stereocenters. The Morgan fingerprint density at radius 3 is 2.67 bits per heavy atom. The van der Waals surface area contributed by atoms with Crippen LogP contribution in [0.25, 0.3) is 0 Å². The van der Waals surface area contributed by atoms with Gasteiger partial charge >= 0.3 is 0 Å². The number of ketones is 1. The Bertz CT molecular complexity index is 235. The smallest absolute Gasteiger partial charge is 0.138 e. The molecule has 1 aliphatic heterocycles. The van der Waals surface area contributed by atoms with E-state index in [2.05, 4.69) is 18.7 Å². The van der Waals surface area contributed by atoms with Gasteiger partial charge in [-0.2, -0.15) is 0 Å². The summed E-state index contributed by atoms with van der Waals surface area (Å²) >= 11 is 0. The van der Waals surface area contributed by atoms with Crippen molar-refractivity contribution >= 4 is 5.78 Å². The molecule has 86 valence electrons. The number of carbonyl (C=O) groups excluding carboxylic acids is 1. The molecule has 1 saturated carbocycles. The van der Waals surface area contributed by atoms with E-state index in [1.165, 1.54) is 25.7 Å². The molecule has 0 amide bonds. The SMILES string of the molecule is CCC(C1CCC1)N1CCC(=O)C(C)C1. The summed E-state index contributed by atoms with van der Waals surface area (Å²) in [5, 5.41) is 0. The molecule has 0 bridgehead atoms. The van der Waals surface area contributed by atoms with Gasteiger partial charge in [-0.05, 0) is 25.2 Å². The topological polar surface area (TPSA) is 20.3 Å². The van der Waals surface area contributed by atoms with Crippen molar-refractivity contribution in [2.75, 3.05) is 13.1 Å². The van der Waals surface area contributed by atoms with Crippen molar-refractivity contribution in [3.63, 3.8) is 0 Å². The van der Waals surface area contributed by atoms with Gasteiger partial charge in [0.05, 0.1) is 0 Å². The molecule has 2 aliphatic rings. The van der Waals surface area contributed by atoms with Gasteiger partial charge in [0.2, 0.25) is 0 Å². The molecular formula is C13H23NO. The highest BCUT2D eigenvalue weighted by atomic mass is 16.1. The summed E-state index contributed by atoms with van der Waals surface area (Å²) in [5.74, 6) is 1.66. The maximum atomic E-state index is 11.5. The summed E-state index contributed by atoms with van der Waals surface area (Å²) in [6.07, 6.45) is 6.29. The first-order valence-electron chi connectivity index (χ1n) is 6.49. The molecular weight excluding hydrogens is 186 g/mol. The number of hydrogen-bond acceptors (Lipinski definition) is 2. The minimum absolute atomic E-state index is 0.271. The largest absolute Gasteiger partial charge is 0.299 e. The average Bonchev–Trinajstić information content (AvgIpc) is 2.16. The summed E-state index contributed by atoms with van der Waals surface area (Å²) in [4.78, 5) is 14.1. The molecule has 2 heteroatoms. The van der Waals surface area contributed by atoms with E-state index in [1.54, 1.807) is 0 Å². The average molecular weight is 209 g/mol. The Hall–Kier alpha value is -0.370. The van der Waals surface area contributed by atoms with Crippen molar-refractivity contribution in [3.8, 4) is 0 Å². The highest BCUT2D eigenvalue weighted by Crippen LogP contribution is 2.34. The zero-order valence-electron chi connectivity index (χ0n) is 10.0. The summed E-state index contributed by atoms with van der Waals surface area (Å²) in [6.45, 7) is 6.40. The third-order valence-corrected chi connectivity index (χ3v) is 4.28. The molecule has 2 unspecified atom stereocenters. The van der Waals surface area contributed by atoms with Crippen molar-refractivity contribution in [1.29, 1.82) is 0 Å². The van der Waals surface area contributed by atoms with Crippen LogP contribution in [-0.4, -0.2) is 29.8 Å². The van der Waals surface area contributed by atoms with Crippen molar-refractivity contribution in [1.82, 2.24) is 4.90 Å². The van der Waals surface area contributed by atoms with Crippen LogP contribution in [0.1, 0.15) is 46.0 Å². The molecule has 15 heavy (non-hydrogen) atoms. The van der Waals surface area contributed by atoms with E-state index in [0.29, 0.717) is 5.78 Å². The Balaban J connectivity index is 1.93. The molecule has 2 fully saturated rings. The fourth-order valence-electron chi connectivity index (χ4n) is 3.06. The van der Waals surface area contributed by atoms with E-state index in [1.807, 2.05) is 0 Å². The van der Waals surface area contributed by atoms with Gasteiger partial charge in [0.25, 0.3) is 0 Å². The summed E-state index contributed by atoms with van der Waals surface area (Å²) in [6, 6.07) is 0.759. The lowest BCUT2D eigenvalue weighted by Crippen LogP contribution is -2.49. The molecule has 2 nitrogen and oxygen atoms in total. The quantitative estimate of drug-likeness (QED) is 0.711. The molecule has 2 rings (SSSR count).